The molecule has 1 saturated heterocycles. The van der Waals surface area contributed by atoms with Gasteiger partial charge in [-0.3, -0.25) is 5.32 Å². The molecule has 0 aliphatic carbocycles. The lowest BCUT2D eigenvalue weighted by Gasteiger charge is -2.24. The van der Waals surface area contributed by atoms with E-state index in [1.807, 2.05) is 0 Å². The number of nitrogens with one attached hydrogen (secondary N) is 4. The predicted octanol–water partition coefficient (Wildman–Crippen LogP) is 4.64. The number of benzene rings is 1. The van der Waals surface area contributed by atoms with Gasteiger partial charge in [0, 0.05) is 35.9 Å². The number of rotatable bonds is 4. The maximum atomic E-state index is 13.7. The molecule has 8 nitrogen and oxygen atoms in total. The van der Waals surface area contributed by atoms with Crippen molar-refractivity contribution >= 4 is 40.2 Å². The van der Waals surface area contributed by atoms with Crippen LogP contribution in [0.1, 0.15) is 18.4 Å². The van der Waals surface area contributed by atoms with Crippen molar-refractivity contribution in [2.75, 3.05) is 30.8 Å². The van der Waals surface area contributed by atoms with E-state index in [4.69, 9.17) is 11.6 Å². The van der Waals surface area contributed by atoms with Crippen LogP contribution in [0.4, 0.5) is 29.6 Å². The van der Waals surface area contributed by atoms with Crippen LogP contribution in [0, 0.1) is 0 Å². The van der Waals surface area contributed by atoms with E-state index in [0.717, 1.165) is 25.6 Å². The number of nitrogens with zero attached hydrogens (tertiary/aromatic N) is 2. The van der Waals surface area contributed by atoms with Gasteiger partial charge in [0.2, 0.25) is 5.95 Å². The summed E-state index contributed by atoms with van der Waals surface area (Å²) in [5.41, 5.74) is -0.405. The summed E-state index contributed by atoms with van der Waals surface area (Å²) in [6.45, 7) is 1.58. The van der Waals surface area contributed by atoms with Crippen molar-refractivity contribution in [3.8, 4) is 11.3 Å². The predicted molar refractivity (Wildman–Crippen MR) is 115 cm³/mol. The summed E-state index contributed by atoms with van der Waals surface area (Å²) in [5.74, 6) is 0.117. The van der Waals surface area contributed by atoms with Crippen LogP contribution in [0.3, 0.4) is 0 Å². The summed E-state index contributed by atoms with van der Waals surface area (Å²) >= 11 is 6.36. The number of fused-ring (bicyclic) bond motifs is 1. The Hall–Kier alpha value is -3.05. The number of amides is 1. The van der Waals surface area contributed by atoms with E-state index in [9.17, 15) is 18.0 Å². The molecule has 1 amide bonds. The van der Waals surface area contributed by atoms with Gasteiger partial charge in [0.05, 0.1) is 29.0 Å². The first kappa shape index (κ1) is 22.2. The minimum atomic E-state index is -4.65. The monoisotopic (exact) mass is 468 g/mol. The number of ether oxygens (including phenoxy) is 1. The molecular weight excluding hydrogens is 449 g/mol. The molecule has 0 radical (unpaired) electrons. The van der Waals surface area contributed by atoms with E-state index >= 15 is 0 Å². The van der Waals surface area contributed by atoms with Crippen LogP contribution in [-0.4, -0.2) is 47.3 Å². The molecule has 3 heterocycles. The molecular formula is C20H20ClF3N6O2. The summed E-state index contributed by atoms with van der Waals surface area (Å²) < 4.78 is 45.8. The minimum Gasteiger partial charge on any atom is -0.453 e. The molecule has 4 N–H and O–H groups in total. The number of piperidine rings is 1. The molecule has 4 rings (SSSR count). The van der Waals surface area contributed by atoms with Crippen molar-refractivity contribution in [3.63, 3.8) is 0 Å². The molecule has 12 heteroatoms. The van der Waals surface area contributed by atoms with E-state index < -0.39 is 17.8 Å². The molecule has 170 valence electrons. The molecule has 0 bridgehead atoms. The maximum Gasteiger partial charge on any atom is 0.419 e. The number of methoxy groups -OCH3 is 1. The van der Waals surface area contributed by atoms with Gasteiger partial charge in [0.1, 0.15) is 5.56 Å². The van der Waals surface area contributed by atoms with Gasteiger partial charge in [0.25, 0.3) is 0 Å². The Morgan fingerprint density at radius 2 is 2.16 bits per heavy atom. The number of aromatic amines is 1. The number of carbonyl (C=O) groups is 1. The molecule has 1 aliphatic rings. The number of anilines is 2. The second-order valence-electron chi connectivity index (χ2n) is 7.31. The van der Waals surface area contributed by atoms with Crippen molar-refractivity contribution in [2.45, 2.75) is 25.1 Å². The summed E-state index contributed by atoms with van der Waals surface area (Å²) in [6, 6.07) is 3.07. The van der Waals surface area contributed by atoms with Crippen LogP contribution in [0.5, 0.6) is 0 Å². The zero-order valence-corrected chi connectivity index (χ0v) is 17.7. The van der Waals surface area contributed by atoms with E-state index in [2.05, 4.69) is 35.6 Å². The lowest BCUT2D eigenvalue weighted by atomic mass is 10.1. The van der Waals surface area contributed by atoms with Crippen LogP contribution in [0.15, 0.2) is 24.5 Å². The Balaban J connectivity index is 1.77. The first-order valence-electron chi connectivity index (χ1n) is 9.84. The number of carbonyl (C=O) groups excluding carboxylic acids is 1. The first-order chi connectivity index (χ1) is 15.3. The third kappa shape index (κ3) is 4.44. The number of halogens is 4. The third-order valence-corrected chi connectivity index (χ3v) is 5.59. The highest BCUT2D eigenvalue weighted by molar-refractivity contribution is 6.38. The molecule has 32 heavy (non-hydrogen) atoms. The second kappa shape index (κ2) is 8.83. The zero-order valence-electron chi connectivity index (χ0n) is 16.9. The summed E-state index contributed by atoms with van der Waals surface area (Å²) in [4.78, 5) is 22.5. The first-order valence-corrected chi connectivity index (χ1v) is 10.2. The second-order valence-corrected chi connectivity index (χ2v) is 7.69. The van der Waals surface area contributed by atoms with E-state index in [-0.39, 0.29) is 34.0 Å². The highest BCUT2D eigenvalue weighted by Crippen LogP contribution is 2.41. The Morgan fingerprint density at radius 3 is 2.84 bits per heavy atom. The highest BCUT2D eigenvalue weighted by Gasteiger charge is 2.36. The standard InChI is InChI=1S/C20H20ClF3N6O2/c1-32-19(31)29-14-5-4-11-12(8-26-17(11)15(14)21)16-13(20(22,23)24)9-27-18(30-16)28-10-3-2-6-25-7-10/h4-5,8-10,25-26H,2-3,6-7H2,1H3,(H,29,31)(H,27,28,30)/t10-/m0/s1. The molecule has 1 aliphatic heterocycles. The Morgan fingerprint density at radius 1 is 1.34 bits per heavy atom. The normalized spacial score (nSPS) is 16.7. The van der Waals surface area contributed by atoms with Gasteiger partial charge in [-0.2, -0.15) is 13.2 Å². The molecule has 2 aromatic heterocycles. The maximum absolute atomic E-state index is 13.7. The average Bonchev–Trinajstić information content (AvgIpc) is 3.20. The van der Waals surface area contributed by atoms with Crippen molar-refractivity contribution in [1.82, 2.24) is 20.3 Å². The lowest BCUT2D eigenvalue weighted by molar-refractivity contribution is -0.137. The average molecular weight is 469 g/mol. The zero-order chi connectivity index (χ0) is 22.9. The van der Waals surface area contributed by atoms with Crippen molar-refractivity contribution in [3.05, 3.63) is 35.1 Å². The fourth-order valence-electron chi connectivity index (χ4n) is 3.64. The van der Waals surface area contributed by atoms with Gasteiger partial charge >= 0.3 is 12.3 Å². The van der Waals surface area contributed by atoms with Crippen molar-refractivity contribution in [1.29, 1.82) is 0 Å². The molecule has 3 aromatic rings. The van der Waals surface area contributed by atoms with E-state index in [1.165, 1.54) is 19.4 Å². The number of H-pyrrole nitrogens is 1. The summed E-state index contributed by atoms with van der Waals surface area (Å²) in [7, 11) is 1.21. The molecule has 0 spiro atoms. The molecule has 1 aromatic carbocycles. The summed E-state index contributed by atoms with van der Waals surface area (Å²) in [5, 5.41) is 9.34. The molecule has 1 atom stereocenters. The fourth-order valence-corrected chi connectivity index (χ4v) is 3.91. The SMILES string of the molecule is COC(=O)Nc1ccc2c(-c3nc(N[C@H]4CCCNC4)ncc3C(F)(F)F)c[nH]c2c1Cl. The van der Waals surface area contributed by atoms with Crippen LogP contribution >= 0.6 is 11.6 Å². The van der Waals surface area contributed by atoms with Gasteiger partial charge in [-0.25, -0.2) is 14.8 Å². The smallest absolute Gasteiger partial charge is 0.419 e. The van der Waals surface area contributed by atoms with Gasteiger partial charge in [0.15, 0.2) is 0 Å². The number of hydrogen-bond acceptors (Lipinski definition) is 6. The number of aromatic nitrogens is 3. The van der Waals surface area contributed by atoms with Gasteiger partial charge in [-0.15, -0.1) is 0 Å². The van der Waals surface area contributed by atoms with E-state index in [0.29, 0.717) is 17.4 Å². The molecule has 0 saturated carbocycles. The topological polar surface area (TPSA) is 104 Å². The van der Waals surface area contributed by atoms with E-state index in [1.54, 1.807) is 6.07 Å². The Labute approximate surface area is 185 Å². The van der Waals surface area contributed by atoms with Crippen LogP contribution in [0.25, 0.3) is 22.2 Å². The lowest BCUT2D eigenvalue weighted by Crippen LogP contribution is -2.38. The van der Waals surface area contributed by atoms with Crippen LogP contribution in [-0.2, 0) is 10.9 Å². The molecule has 1 fully saturated rings. The largest absolute Gasteiger partial charge is 0.453 e. The van der Waals surface area contributed by atoms with Crippen LogP contribution < -0.4 is 16.0 Å². The van der Waals surface area contributed by atoms with Gasteiger partial charge < -0.3 is 20.4 Å². The summed E-state index contributed by atoms with van der Waals surface area (Å²) in [6.07, 6.45) is -1.36. The number of alkyl halides is 3. The molecule has 0 unspecified atom stereocenters. The minimum absolute atomic E-state index is 0.0257. The third-order valence-electron chi connectivity index (χ3n) is 5.19. The van der Waals surface area contributed by atoms with Gasteiger partial charge in [-0.05, 0) is 31.5 Å². The van der Waals surface area contributed by atoms with Crippen LogP contribution in [0.2, 0.25) is 5.02 Å². The number of hydrogen-bond donors (Lipinski definition) is 4. The Kier molecular flexibility index (Phi) is 6.11. The van der Waals surface area contributed by atoms with Crippen molar-refractivity contribution < 1.29 is 22.7 Å². The van der Waals surface area contributed by atoms with Gasteiger partial charge in [-0.1, -0.05) is 11.6 Å². The fraction of sp³-hybridized carbons (Fsp3) is 0.350. The quantitative estimate of drug-likeness (QED) is 0.445. The van der Waals surface area contributed by atoms with Crippen molar-refractivity contribution in [2.24, 2.45) is 0 Å². The Bertz CT molecular complexity index is 1140. The highest BCUT2D eigenvalue weighted by atomic mass is 35.5.